The second-order valence-electron chi connectivity index (χ2n) is 8.90. The summed E-state index contributed by atoms with van der Waals surface area (Å²) in [7, 11) is 0. The maximum atomic E-state index is 14.1. The van der Waals surface area contributed by atoms with Crippen LogP contribution in [0.5, 0.6) is 5.75 Å². The number of urea groups is 1. The molecule has 4 rings (SSSR count). The molecule has 0 aromatic heterocycles. The Morgan fingerprint density at radius 3 is 2.26 bits per heavy atom. The monoisotopic (exact) mass is 493 g/mol. The molecule has 0 unspecified atom stereocenters. The first kappa shape index (κ1) is 24.8. The van der Waals surface area contributed by atoms with Crippen LogP contribution in [0.3, 0.4) is 0 Å². The first-order valence-corrected chi connectivity index (χ1v) is 11.6. The van der Waals surface area contributed by atoms with Crippen LogP contribution in [0.1, 0.15) is 31.7 Å². The number of halogens is 4. The highest BCUT2D eigenvalue weighted by Gasteiger charge is 2.49. The van der Waals surface area contributed by atoms with E-state index in [4.69, 9.17) is 0 Å². The predicted octanol–water partition coefficient (Wildman–Crippen LogP) is 5.19. The molecular weight excluding hydrogens is 466 g/mol. The Morgan fingerprint density at radius 1 is 1.03 bits per heavy atom. The van der Waals surface area contributed by atoms with Crippen molar-refractivity contribution in [2.75, 3.05) is 31.1 Å². The van der Waals surface area contributed by atoms with E-state index in [1.807, 2.05) is 6.92 Å². The molecule has 1 spiro atoms. The van der Waals surface area contributed by atoms with Crippen molar-refractivity contribution in [1.82, 2.24) is 9.80 Å². The van der Waals surface area contributed by atoms with Gasteiger partial charge in [0, 0.05) is 37.4 Å². The molecule has 0 bridgehead atoms. The lowest BCUT2D eigenvalue weighted by Crippen LogP contribution is -2.50. The number of benzene rings is 2. The Morgan fingerprint density at radius 2 is 1.66 bits per heavy atom. The molecule has 10 heteroatoms. The van der Waals surface area contributed by atoms with E-state index in [-0.39, 0.29) is 30.0 Å². The van der Waals surface area contributed by atoms with Crippen LogP contribution in [-0.2, 0) is 11.3 Å². The van der Waals surface area contributed by atoms with E-state index in [0.717, 1.165) is 0 Å². The first-order chi connectivity index (χ1) is 16.6. The van der Waals surface area contributed by atoms with Crippen LogP contribution >= 0.6 is 0 Å². The lowest BCUT2D eigenvalue weighted by molar-refractivity contribution is -0.274. The molecule has 2 aromatic carbocycles. The zero-order chi connectivity index (χ0) is 25.2. The Bertz CT molecular complexity index is 1070. The van der Waals surface area contributed by atoms with Gasteiger partial charge in [0.1, 0.15) is 11.6 Å². The largest absolute Gasteiger partial charge is 0.573 e. The predicted molar refractivity (Wildman–Crippen MR) is 121 cm³/mol. The van der Waals surface area contributed by atoms with Gasteiger partial charge >= 0.3 is 12.4 Å². The molecule has 2 aliphatic rings. The topological polar surface area (TPSA) is 53.1 Å². The summed E-state index contributed by atoms with van der Waals surface area (Å²) < 4.78 is 55.1. The molecule has 0 saturated carbocycles. The summed E-state index contributed by atoms with van der Waals surface area (Å²) in [6.07, 6.45) is -3.16. The van der Waals surface area contributed by atoms with Gasteiger partial charge in [-0.2, -0.15) is 0 Å². The number of hydrogen-bond acceptors (Lipinski definition) is 3. The highest BCUT2D eigenvalue weighted by Crippen LogP contribution is 2.43. The van der Waals surface area contributed by atoms with Gasteiger partial charge in [-0.15, -0.1) is 13.2 Å². The van der Waals surface area contributed by atoms with Crippen molar-refractivity contribution in [2.45, 2.75) is 39.1 Å². The van der Waals surface area contributed by atoms with Gasteiger partial charge in [-0.25, -0.2) is 9.18 Å². The molecule has 0 aliphatic carbocycles. The fourth-order valence-corrected chi connectivity index (χ4v) is 4.83. The van der Waals surface area contributed by atoms with E-state index in [0.29, 0.717) is 56.7 Å². The third-order valence-corrected chi connectivity index (χ3v) is 6.86. The van der Waals surface area contributed by atoms with Crippen molar-refractivity contribution in [2.24, 2.45) is 5.41 Å². The lowest BCUT2D eigenvalue weighted by Gasteiger charge is -2.39. The second kappa shape index (κ2) is 9.75. The Balaban J connectivity index is 1.37. The number of anilines is 1. The number of ether oxygens (including phenoxy) is 1. The fraction of sp³-hybridized carbons (Fsp3) is 0.440. The summed E-state index contributed by atoms with van der Waals surface area (Å²) in [5, 5.41) is 0. The molecule has 0 atom stereocenters. The minimum absolute atomic E-state index is 0.0761. The van der Waals surface area contributed by atoms with Gasteiger partial charge in [0.15, 0.2) is 0 Å². The van der Waals surface area contributed by atoms with E-state index in [1.165, 1.54) is 30.3 Å². The van der Waals surface area contributed by atoms with Crippen molar-refractivity contribution >= 4 is 17.6 Å². The van der Waals surface area contributed by atoms with E-state index in [1.54, 1.807) is 32.9 Å². The smallest absolute Gasteiger partial charge is 0.406 e. The molecule has 3 amide bonds. The number of piperidine rings is 1. The first-order valence-electron chi connectivity index (χ1n) is 11.6. The highest BCUT2D eigenvalue weighted by molar-refractivity contribution is 6.00. The summed E-state index contributed by atoms with van der Waals surface area (Å²) >= 11 is 0. The fourth-order valence-electron chi connectivity index (χ4n) is 4.83. The number of carbonyl (C=O) groups excluding carboxylic acids is 2. The van der Waals surface area contributed by atoms with Gasteiger partial charge in [-0.05, 0) is 56.5 Å². The van der Waals surface area contributed by atoms with Crippen molar-refractivity contribution < 1.29 is 31.9 Å². The van der Waals surface area contributed by atoms with Crippen molar-refractivity contribution in [3.8, 4) is 5.75 Å². The minimum Gasteiger partial charge on any atom is -0.406 e. The molecule has 35 heavy (non-hydrogen) atoms. The SMILES string of the molecule is CCN(Cc1ccccc1F)C(=O)N1CCC2(CC1)CCN(c1ccc(OC(F)(F)F)cc1)C2=O. The number of carbonyl (C=O) groups is 2. The van der Waals surface area contributed by atoms with Crippen LogP contribution in [0.15, 0.2) is 48.5 Å². The maximum Gasteiger partial charge on any atom is 0.573 e. The Kier molecular flexibility index (Phi) is 6.91. The Labute approximate surface area is 201 Å². The molecule has 6 nitrogen and oxygen atoms in total. The standard InChI is InChI=1S/C25H27F4N3O3/c1-2-30(17-18-5-3-4-6-21(18)26)23(34)31-14-11-24(12-15-31)13-16-32(22(24)33)19-7-9-20(10-8-19)35-25(27,28)29/h3-10H,2,11-17H2,1H3. The molecule has 2 fully saturated rings. The summed E-state index contributed by atoms with van der Waals surface area (Å²) in [6.45, 7) is 3.71. The van der Waals surface area contributed by atoms with Crippen molar-refractivity contribution in [3.05, 3.63) is 59.9 Å². The number of hydrogen-bond donors (Lipinski definition) is 0. The summed E-state index contributed by atoms with van der Waals surface area (Å²) in [5.41, 5.74) is 0.368. The third-order valence-electron chi connectivity index (χ3n) is 6.86. The summed E-state index contributed by atoms with van der Waals surface area (Å²) in [6, 6.07) is 11.4. The number of alkyl halides is 3. The van der Waals surface area contributed by atoms with E-state index in [2.05, 4.69) is 4.74 Å². The van der Waals surface area contributed by atoms with Gasteiger partial charge in [-0.1, -0.05) is 18.2 Å². The molecule has 0 N–H and O–H groups in total. The van der Waals surface area contributed by atoms with Crippen LogP contribution < -0.4 is 9.64 Å². The van der Waals surface area contributed by atoms with Crippen molar-refractivity contribution in [3.63, 3.8) is 0 Å². The van der Waals surface area contributed by atoms with Crippen molar-refractivity contribution in [1.29, 1.82) is 0 Å². The number of nitrogens with zero attached hydrogens (tertiary/aromatic N) is 3. The van der Waals surface area contributed by atoms with Gasteiger partial charge in [-0.3, -0.25) is 4.79 Å². The molecule has 2 aromatic rings. The molecule has 0 radical (unpaired) electrons. The Hall–Kier alpha value is -3.30. The average molecular weight is 494 g/mol. The lowest BCUT2D eigenvalue weighted by atomic mass is 9.77. The second-order valence-corrected chi connectivity index (χ2v) is 8.90. The number of likely N-dealkylation sites (tertiary alicyclic amines) is 1. The van der Waals surface area contributed by atoms with Gasteiger partial charge in [0.05, 0.1) is 12.0 Å². The normalized spacial score (nSPS) is 17.7. The average Bonchev–Trinajstić information content (AvgIpc) is 3.13. The molecule has 2 aliphatic heterocycles. The van der Waals surface area contributed by atoms with Crippen LogP contribution in [0.25, 0.3) is 0 Å². The molecular formula is C25H27F4N3O3. The summed E-state index contributed by atoms with van der Waals surface area (Å²) in [5.74, 6) is -0.774. The van der Waals surface area contributed by atoms with Gasteiger partial charge in [0.2, 0.25) is 5.91 Å². The van der Waals surface area contributed by atoms with Crippen LogP contribution in [-0.4, -0.2) is 54.3 Å². The third kappa shape index (κ3) is 5.36. The van der Waals surface area contributed by atoms with E-state index in [9.17, 15) is 27.2 Å². The zero-order valence-corrected chi connectivity index (χ0v) is 19.4. The number of rotatable bonds is 5. The minimum atomic E-state index is -4.77. The zero-order valence-electron chi connectivity index (χ0n) is 19.4. The summed E-state index contributed by atoms with van der Waals surface area (Å²) in [4.78, 5) is 31.3. The van der Waals surface area contributed by atoms with Gasteiger partial charge in [0.25, 0.3) is 0 Å². The molecule has 2 heterocycles. The molecule has 188 valence electrons. The van der Waals surface area contributed by atoms with Gasteiger partial charge < -0.3 is 19.4 Å². The van der Waals surface area contributed by atoms with E-state index >= 15 is 0 Å². The quantitative estimate of drug-likeness (QED) is 0.539. The van der Waals surface area contributed by atoms with Crippen LogP contribution in [0.4, 0.5) is 28.0 Å². The van der Waals surface area contributed by atoms with E-state index < -0.39 is 11.8 Å². The number of amides is 3. The highest BCUT2D eigenvalue weighted by atomic mass is 19.4. The molecule has 2 saturated heterocycles. The van der Waals surface area contributed by atoms with Crippen LogP contribution in [0.2, 0.25) is 0 Å². The van der Waals surface area contributed by atoms with Crippen LogP contribution in [0, 0.1) is 11.2 Å². The maximum absolute atomic E-state index is 14.1.